The molecule has 2 rings (SSSR count). The Bertz CT molecular complexity index is 279. The van der Waals surface area contributed by atoms with Gasteiger partial charge in [-0.1, -0.05) is 6.42 Å². The van der Waals surface area contributed by atoms with E-state index < -0.39 is 11.5 Å². The van der Waals surface area contributed by atoms with Crippen molar-refractivity contribution >= 4 is 5.97 Å². The molecule has 0 aliphatic carbocycles. The molecule has 0 aromatic carbocycles. The number of hydrogen-bond acceptors (Lipinski definition) is 4. The van der Waals surface area contributed by atoms with Gasteiger partial charge in [-0.2, -0.15) is 0 Å². The molecular formula is C12H23N3O2. The van der Waals surface area contributed by atoms with Crippen LogP contribution in [0.5, 0.6) is 0 Å². The van der Waals surface area contributed by atoms with Crippen LogP contribution in [0.4, 0.5) is 0 Å². The van der Waals surface area contributed by atoms with E-state index in [1.807, 2.05) is 0 Å². The van der Waals surface area contributed by atoms with Gasteiger partial charge in [0.1, 0.15) is 5.54 Å². The molecule has 0 aromatic heterocycles. The van der Waals surface area contributed by atoms with Crippen molar-refractivity contribution in [2.45, 2.75) is 31.2 Å². The number of likely N-dealkylation sites (tertiary alicyclic amines) is 2. The quantitative estimate of drug-likeness (QED) is 0.723. The second-order valence-electron chi connectivity index (χ2n) is 5.39. The Morgan fingerprint density at radius 1 is 1.12 bits per heavy atom. The number of aliphatic carboxylic acids is 1. The third-order valence-electron chi connectivity index (χ3n) is 3.99. The van der Waals surface area contributed by atoms with Gasteiger partial charge in [-0.15, -0.1) is 0 Å². The summed E-state index contributed by atoms with van der Waals surface area (Å²) in [5.41, 5.74) is 4.83. The van der Waals surface area contributed by atoms with Gasteiger partial charge in [0.15, 0.2) is 0 Å². The zero-order valence-electron chi connectivity index (χ0n) is 10.4. The number of piperidine rings is 1. The molecule has 5 nitrogen and oxygen atoms in total. The molecule has 0 amide bonds. The zero-order chi connectivity index (χ0) is 12.3. The van der Waals surface area contributed by atoms with Crippen LogP contribution in [0.2, 0.25) is 0 Å². The molecule has 2 heterocycles. The Morgan fingerprint density at radius 3 is 2.35 bits per heavy atom. The highest BCUT2D eigenvalue weighted by Gasteiger charge is 2.40. The summed E-state index contributed by atoms with van der Waals surface area (Å²) in [4.78, 5) is 15.7. The highest BCUT2D eigenvalue weighted by Crippen LogP contribution is 2.19. The number of carboxylic acid groups (broad SMARTS) is 1. The summed E-state index contributed by atoms with van der Waals surface area (Å²) in [6, 6.07) is 0. The van der Waals surface area contributed by atoms with Crippen LogP contribution in [0.3, 0.4) is 0 Å². The molecule has 2 aliphatic heterocycles. The third kappa shape index (κ3) is 3.18. The van der Waals surface area contributed by atoms with E-state index in [-0.39, 0.29) is 0 Å². The molecule has 2 saturated heterocycles. The first kappa shape index (κ1) is 12.8. The highest BCUT2D eigenvalue weighted by molar-refractivity contribution is 5.79. The van der Waals surface area contributed by atoms with Crippen LogP contribution in [0.25, 0.3) is 0 Å². The SMILES string of the molecule is NC1(C(=O)O)CCN(CCN2CCCCC2)C1. The standard InChI is InChI=1S/C12H23N3O2/c13-12(11(16)17)4-7-15(10-12)9-8-14-5-2-1-3-6-14/h1-10,13H2,(H,16,17). The molecule has 2 aliphatic rings. The van der Waals surface area contributed by atoms with E-state index in [2.05, 4.69) is 9.80 Å². The van der Waals surface area contributed by atoms with Crippen LogP contribution in [0.15, 0.2) is 0 Å². The highest BCUT2D eigenvalue weighted by atomic mass is 16.4. The molecule has 0 spiro atoms. The minimum absolute atomic E-state index is 0.496. The molecule has 17 heavy (non-hydrogen) atoms. The lowest BCUT2D eigenvalue weighted by molar-refractivity contribution is -0.142. The predicted octanol–water partition coefficient (Wildman–Crippen LogP) is -0.0399. The first-order chi connectivity index (χ1) is 8.10. The molecule has 0 radical (unpaired) electrons. The Morgan fingerprint density at radius 2 is 1.76 bits per heavy atom. The fourth-order valence-electron chi connectivity index (χ4n) is 2.75. The lowest BCUT2D eigenvalue weighted by Gasteiger charge is -2.28. The largest absolute Gasteiger partial charge is 0.480 e. The number of hydrogen-bond donors (Lipinski definition) is 2. The minimum atomic E-state index is -1.01. The summed E-state index contributed by atoms with van der Waals surface area (Å²) in [5.74, 6) is -0.863. The van der Waals surface area contributed by atoms with Crippen LogP contribution >= 0.6 is 0 Å². The molecule has 0 aromatic rings. The normalized spacial score (nSPS) is 31.8. The van der Waals surface area contributed by atoms with Crippen molar-refractivity contribution in [1.82, 2.24) is 9.80 Å². The Hall–Kier alpha value is -0.650. The van der Waals surface area contributed by atoms with Crippen molar-refractivity contribution in [1.29, 1.82) is 0 Å². The van der Waals surface area contributed by atoms with E-state index in [0.29, 0.717) is 13.0 Å². The van der Waals surface area contributed by atoms with Crippen LogP contribution in [0, 0.1) is 0 Å². The molecular weight excluding hydrogens is 218 g/mol. The molecule has 1 unspecified atom stereocenters. The van der Waals surface area contributed by atoms with E-state index in [4.69, 9.17) is 10.8 Å². The van der Waals surface area contributed by atoms with Gasteiger partial charge in [0.25, 0.3) is 0 Å². The van der Waals surface area contributed by atoms with Gasteiger partial charge in [-0.25, -0.2) is 0 Å². The van der Waals surface area contributed by atoms with Crippen LogP contribution in [-0.4, -0.2) is 65.7 Å². The number of carbonyl (C=O) groups is 1. The Kier molecular flexibility index (Phi) is 4.01. The van der Waals surface area contributed by atoms with Crippen molar-refractivity contribution < 1.29 is 9.90 Å². The first-order valence-corrected chi connectivity index (χ1v) is 6.57. The van der Waals surface area contributed by atoms with Crippen LogP contribution in [0.1, 0.15) is 25.7 Å². The summed E-state index contributed by atoms with van der Waals surface area (Å²) in [6.45, 7) is 5.70. The Balaban J connectivity index is 1.72. The summed E-state index contributed by atoms with van der Waals surface area (Å²) >= 11 is 0. The monoisotopic (exact) mass is 241 g/mol. The topological polar surface area (TPSA) is 69.8 Å². The van der Waals surface area contributed by atoms with Gasteiger partial charge in [0.2, 0.25) is 0 Å². The molecule has 0 saturated carbocycles. The number of rotatable bonds is 4. The number of nitrogens with two attached hydrogens (primary N) is 1. The minimum Gasteiger partial charge on any atom is -0.480 e. The lowest BCUT2D eigenvalue weighted by atomic mass is 10.0. The number of carboxylic acids is 1. The van der Waals surface area contributed by atoms with E-state index in [1.54, 1.807) is 0 Å². The van der Waals surface area contributed by atoms with Gasteiger partial charge < -0.3 is 15.7 Å². The van der Waals surface area contributed by atoms with E-state index in [1.165, 1.54) is 32.4 Å². The Labute approximate surface area is 103 Å². The van der Waals surface area contributed by atoms with Crippen LogP contribution in [-0.2, 0) is 4.79 Å². The molecule has 5 heteroatoms. The van der Waals surface area contributed by atoms with Crippen molar-refractivity contribution in [3.63, 3.8) is 0 Å². The second-order valence-corrected chi connectivity index (χ2v) is 5.39. The van der Waals surface area contributed by atoms with Gasteiger partial charge in [0.05, 0.1) is 0 Å². The average molecular weight is 241 g/mol. The lowest BCUT2D eigenvalue weighted by Crippen LogP contribution is -2.50. The third-order valence-corrected chi connectivity index (χ3v) is 3.99. The maximum absolute atomic E-state index is 11.0. The summed E-state index contributed by atoms with van der Waals surface area (Å²) in [5, 5.41) is 9.05. The van der Waals surface area contributed by atoms with Gasteiger partial charge in [-0.3, -0.25) is 9.69 Å². The van der Waals surface area contributed by atoms with Crippen molar-refractivity contribution in [2.75, 3.05) is 39.3 Å². The molecule has 98 valence electrons. The summed E-state index contributed by atoms with van der Waals surface area (Å²) < 4.78 is 0. The molecule has 0 bridgehead atoms. The zero-order valence-corrected chi connectivity index (χ0v) is 10.4. The van der Waals surface area contributed by atoms with E-state index in [9.17, 15) is 4.79 Å². The smallest absolute Gasteiger partial charge is 0.325 e. The van der Waals surface area contributed by atoms with Gasteiger partial charge in [0, 0.05) is 26.2 Å². The van der Waals surface area contributed by atoms with Crippen molar-refractivity contribution in [3.8, 4) is 0 Å². The molecule has 3 N–H and O–H groups in total. The van der Waals surface area contributed by atoms with E-state index in [0.717, 1.165) is 19.6 Å². The first-order valence-electron chi connectivity index (χ1n) is 6.57. The number of nitrogens with zero attached hydrogens (tertiary/aromatic N) is 2. The van der Waals surface area contributed by atoms with Crippen molar-refractivity contribution in [2.24, 2.45) is 5.73 Å². The fourth-order valence-corrected chi connectivity index (χ4v) is 2.75. The second kappa shape index (κ2) is 5.33. The average Bonchev–Trinajstić information content (AvgIpc) is 2.72. The summed E-state index contributed by atoms with van der Waals surface area (Å²) in [6.07, 6.45) is 4.53. The molecule has 1 atom stereocenters. The molecule has 2 fully saturated rings. The predicted molar refractivity (Wildman–Crippen MR) is 65.9 cm³/mol. The maximum Gasteiger partial charge on any atom is 0.325 e. The summed E-state index contributed by atoms with van der Waals surface area (Å²) in [7, 11) is 0. The fraction of sp³-hybridized carbons (Fsp3) is 0.917. The van der Waals surface area contributed by atoms with Gasteiger partial charge in [-0.05, 0) is 32.4 Å². The van der Waals surface area contributed by atoms with Crippen LogP contribution < -0.4 is 5.73 Å². The van der Waals surface area contributed by atoms with E-state index >= 15 is 0 Å². The van der Waals surface area contributed by atoms with Gasteiger partial charge >= 0.3 is 5.97 Å². The van der Waals surface area contributed by atoms with Crippen molar-refractivity contribution in [3.05, 3.63) is 0 Å². The maximum atomic E-state index is 11.0.